The molecule has 0 saturated carbocycles. The summed E-state index contributed by atoms with van der Waals surface area (Å²) in [7, 11) is 0. The highest BCUT2D eigenvalue weighted by Crippen LogP contribution is 2.29. The molecule has 0 aromatic carbocycles. The molecular weight excluding hydrogens is 327 g/mol. The van der Waals surface area contributed by atoms with Gasteiger partial charge >= 0.3 is 12.1 Å². The van der Waals surface area contributed by atoms with Crippen LogP contribution in [0.3, 0.4) is 0 Å². The Morgan fingerprint density at radius 3 is 2.61 bits per heavy atom. The first-order valence-electron chi connectivity index (χ1n) is 6.51. The number of aliphatic carboxylic acids is 1. The van der Waals surface area contributed by atoms with Crippen molar-refractivity contribution in [3.8, 4) is 0 Å². The zero-order valence-electron chi connectivity index (χ0n) is 11.8. The third-order valence-corrected chi connectivity index (χ3v) is 2.98. The lowest BCUT2D eigenvalue weighted by Gasteiger charge is -2.31. The maximum atomic E-state index is 13.4. The van der Waals surface area contributed by atoms with E-state index in [0.717, 1.165) is 0 Å². The first-order valence-corrected chi connectivity index (χ1v) is 6.51. The summed E-state index contributed by atoms with van der Waals surface area (Å²) in [6.45, 7) is 0.653. The van der Waals surface area contributed by atoms with E-state index >= 15 is 0 Å². The van der Waals surface area contributed by atoms with Crippen LogP contribution in [0, 0.1) is 5.92 Å². The highest BCUT2D eigenvalue weighted by molar-refractivity contribution is 5.73. The number of hydrogen-bond donors (Lipinski definition) is 3. The molecule has 11 heteroatoms. The molecule has 1 fully saturated rings. The van der Waals surface area contributed by atoms with Gasteiger partial charge < -0.3 is 15.7 Å². The number of halogens is 5. The van der Waals surface area contributed by atoms with Crippen LogP contribution in [0.5, 0.6) is 0 Å². The number of carboxylic acid groups (broad SMARTS) is 1. The molecule has 6 nitrogen and oxygen atoms in total. The molecule has 1 aromatic heterocycles. The molecule has 1 atom stereocenters. The fraction of sp³-hybridized carbons (Fsp3) is 0.583. The molecule has 3 N–H and O–H groups in total. The molecule has 0 radical (unpaired) electrons. The summed E-state index contributed by atoms with van der Waals surface area (Å²) in [6, 6.07) is 1.67. The molecule has 1 aliphatic rings. The van der Waals surface area contributed by atoms with Crippen molar-refractivity contribution in [1.29, 1.82) is 0 Å². The lowest BCUT2D eigenvalue weighted by molar-refractivity contribution is -0.192. The van der Waals surface area contributed by atoms with Gasteiger partial charge in [0.05, 0.1) is 6.54 Å². The van der Waals surface area contributed by atoms with Gasteiger partial charge in [-0.1, -0.05) is 0 Å². The SMILES string of the molecule is FC1(F)CNCCC1CNc1ccncn1.O=C(O)C(F)(F)F. The topological polar surface area (TPSA) is 87.1 Å². The second-order valence-electron chi connectivity index (χ2n) is 4.70. The number of anilines is 1. The molecule has 2 rings (SSSR count). The fourth-order valence-corrected chi connectivity index (χ4v) is 1.76. The van der Waals surface area contributed by atoms with Crippen LogP contribution in [0.15, 0.2) is 18.6 Å². The smallest absolute Gasteiger partial charge is 0.475 e. The van der Waals surface area contributed by atoms with Crippen LogP contribution in [0.2, 0.25) is 0 Å². The van der Waals surface area contributed by atoms with Crippen molar-refractivity contribution in [2.24, 2.45) is 5.92 Å². The van der Waals surface area contributed by atoms with Crippen molar-refractivity contribution in [2.75, 3.05) is 25.0 Å². The first-order chi connectivity index (χ1) is 10.6. The van der Waals surface area contributed by atoms with Crippen molar-refractivity contribution in [2.45, 2.75) is 18.5 Å². The van der Waals surface area contributed by atoms with Crippen molar-refractivity contribution < 1.29 is 31.9 Å². The Kier molecular flexibility index (Phi) is 6.61. The molecule has 23 heavy (non-hydrogen) atoms. The monoisotopic (exact) mass is 342 g/mol. The predicted molar refractivity (Wildman–Crippen MR) is 70.1 cm³/mol. The van der Waals surface area contributed by atoms with Gasteiger partial charge in [0.2, 0.25) is 0 Å². The van der Waals surface area contributed by atoms with E-state index < -0.39 is 24.0 Å². The Bertz CT molecular complexity index is 498. The Hall–Kier alpha value is -2.04. The molecule has 130 valence electrons. The molecule has 1 aromatic rings. The van der Waals surface area contributed by atoms with E-state index in [2.05, 4.69) is 20.6 Å². The van der Waals surface area contributed by atoms with Crippen LogP contribution in [0.1, 0.15) is 6.42 Å². The van der Waals surface area contributed by atoms with Crippen LogP contribution in [0.25, 0.3) is 0 Å². The van der Waals surface area contributed by atoms with Gasteiger partial charge in [-0.15, -0.1) is 0 Å². The predicted octanol–water partition coefficient (Wildman–Crippen LogP) is 1.77. The molecule has 0 spiro atoms. The molecular formula is C12H15F5N4O2. The molecule has 1 unspecified atom stereocenters. The van der Waals surface area contributed by atoms with E-state index in [-0.39, 0.29) is 13.1 Å². The van der Waals surface area contributed by atoms with E-state index in [1.165, 1.54) is 6.33 Å². The van der Waals surface area contributed by atoms with Crippen LogP contribution in [-0.2, 0) is 4.79 Å². The van der Waals surface area contributed by atoms with E-state index in [1.807, 2.05) is 0 Å². The van der Waals surface area contributed by atoms with Crippen LogP contribution >= 0.6 is 0 Å². The summed E-state index contributed by atoms with van der Waals surface area (Å²) in [5.41, 5.74) is 0. The van der Waals surface area contributed by atoms with Gasteiger partial charge in [0.15, 0.2) is 0 Å². The van der Waals surface area contributed by atoms with Crippen LogP contribution in [0.4, 0.5) is 27.8 Å². The molecule has 0 amide bonds. The number of carbonyl (C=O) groups is 1. The van der Waals surface area contributed by atoms with Gasteiger partial charge in [-0.3, -0.25) is 0 Å². The molecule has 0 aliphatic carbocycles. The summed E-state index contributed by atoms with van der Waals surface area (Å²) in [6.07, 6.45) is -1.64. The fourth-order valence-electron chi connectivity index (χ4n) is 1.76. The highest BCUT2D eigenvalue weighted by atomic mass is 19.4. The van der Waals surface area contributed by atoms with Crippen LogP contribution in [-0.4, -0.2) is 52.8 Å². The minimum atomic E-state index is -5.08. The number of nitrogens with one attached hydrogen (secondary N) is 2. The maximum absolute atomic E-state index is 13.4. The minimum Gasteiger partial charge on any atom is -0.475 e. The van der Waals surface area contributed by atoms with Crippen molar-refractivity contribution >= 4 is 11.8 Å². The van der Waals surface area contributed by atoms with Crippen molar-refractivity contribution in [1.82, 2.24) is 15.3 Å². The quantitative estimate of drug-likeness (QED) is 0.726. The number of carboxylic acids is 1. The van der Waals surface area contributed by atoms with Gasteiger partial charge in [0.25, 0.3) is 5.92 Å². The molecule has 0 bridgehead atoms. The van der Waals surface area contributed by atoms with Gasteiger partial charge in [0.1, 0.15) is 12.1 Å². The van der Waals surface area contributed by atoms with E-state index in [9.17, 15) is 22.0 Å². The largest absolute Gasteiger partial charge is 0.490 e. The summed E-state index contributed by atoms with van der Waals surface area (Å²) in [5.74, 6) is -5.45. The normalized spacial score (nSPS) is 20.1. The van der Waals surface area contributed by atoms with Crippen molar-refractivity contribution in [3.63, 3.8) is 0 Å². The number of aromatic nitrogens is 2. The summed E-state index contributed by atoms with van der Waals surface area (Å²) >= 11 is 0. The lowest BCUT2D eigenvalue weighted by Crippen LogP contribution is -2.48. The average Bonchev–Trinajstić information content (AvgIpc) is 2.46. The average molecular weight is 342 g/mol. The van der Waals surface area contributed by atoms with E-state index in [0.29, 0.717) is 18.8 Å². The van der Waals surface area contributed by atoms with Gasteiger partial charge in [-0.2, -0.15) is 13.2 Å². The summed E-state index contributed by atoms with van der Waals surface area (Å²) in [4.78, 5) is 16.6. The Morgan fingerprint density at radius 1 is 1.48 bits per heavy atom. The van der Waals surface area contributed by atoms with Crippen molar-refractivity contribution in [3.05, 3.63) is 18.6 Å². The van der Waals surface area contributed by atoms with Crippen LogP contribution < -0.4 is 10.6 Å². The number of nitrogens with zero attached hydrogens (tertiary/aromatic N) is 2. The zero-order valence-corrected chi connectivity index (χ0v) is 11.8. The molecule has 1 saturated heterocycles. The molecule has 1 aliphatic heterocycles. The van der Waals surface area contributed by atoms with Gasteiger partial charge in [-0.25, -0.2) is 23.5 Å². The second kappa shape index (κ2) is 7.99. The third-order valence-electron chi connectivity index (χ3n) is 2.98. The first kappa shape index (κ1) is 19.0. The number of hydrogen-bond acceptors (Lipinski definition) is 5. The minimum absolute atomic E-state index is 0.233. The number of piperidine rings is 1. The Labute approximate surface area is 128 Å². The van der Waals surface area contributed by atoms with E-state index in [4.69, 9.17) is 9.90 Å². The van der Waals surface area contributed by atoms with Gasteiger partial charge in [-0.05, 0) is 19.0 Å². The zero-order chi connectivity index (χ0) is 17.5. The standard InChI is InChI=1S/C10H14F2N4.C2HF3O2/c11-10(12)6-13-3-1-8(10)5-15-9-2-4-14-7-16-9;3-2(4,5)1(6)7/h2,4,7-8,13H,1,3,5-6H2,(H,14,15,16);(H,6,7). The third kappa shape index (κ3) is 6.72. The summed E-state index contributed by atoms with van der Waals surface area (Å²) < 4.78 is 58.6. The maximum Gasteiger partial charge on any atom is 0.490 e. The second-order valence-corrected chi connectivity index (χ2v) is 4.70. The molecule has 2 heterocycles. The number of rotatable bonds is 3. The van der Waals surface area contributed by atoms with Gasteiger partial charge in [0, 0.05) is 18.7 Å². The Morgan fingerprint density at radius 2 is 2.13 bits per heavy atom. The summed E-state index contributed by atoms with van der Waals surface area (Å²) in [5, 5.41) is 12.7. The highest BCUT2D eigenvalue weighted by Gasteiger charge is 2.41. The van der Waals surface area contributed by atoms with E-state index in [1.54, 1.807) is 12.3 Å². The Balaban J connectivity index is 0.000000322. The number of alkyl halides is 5. The lowest BCUT2D eigenvalue weighted by atomic mass is 9.94.